The first-order valence-corrected chi connectivity index (χ1v) is 6.92. The van der Waals surface area contributed by atoms with E-state index in [0.717, 1.165) is 22.9 Å². The molecule has 1 aliphatic carbocycles. The Hall–Kier alpha value is -2.35. The van der Waals surface area contributed by atoms with Gasteiger partial charge in [0.2, 0.25) is 0 Å². The molecule has 1 heterocycles. The highest BCUT2D eigenvalue weighted by Gasteiger charge is 2.33. The highest BCUT2D eigenvalue weighted by Crippen LogP contribution is 2.38. The summed E-state index contributed by atoms with van der Waals surface area (Å²) in [6.07, 6.45) is 2.84. The van der Waals surface area contributed by atoms with Crippen molar-refractivity contribution in [2.75, 3.05) is 0 Å². The molecule has 1 aliphatic rings. The van der Waals surface area contributed by atoms with Gasteiger partial charge in [-0.25, -0.2) is 0 Å². The molecule has 98 valence electrons. The zero-order valence-electron chi connectivity index (χ0n) is 11.3. The van der Waals surface area contributed by atoms with E-state index >= 15 is 0 Å². The fourth-order valence-electron chi connectivity index (χ4n) is 3.22. The van der Waals surface area contributed by atoms with E-state index in [-0.39, 0.29) is 11.7 Å². The van der Waals surface area contributed by atoms with Gasteiger partial charge in [0.05, 0.1) is 5.92 Å². The average Bonchev–Trinajstić information content (AvgIpc) is 2.78. The predicted molar refractivity (Wildman–Crippen MR) is 80.1 cm³/mol. The van der Waals surface area contributed by atoms with Crippen molar-refractivity contribution in [3.8, 4) is 0 Å². The predicted octanol–water partition coefficient (Wildman–Crippen LogP) is 3.70. The molecule has 2 aromatic carbocycles. The summed E-state index contributed by atoms with van der Waals surface area (Å²) >= 11 is 0. The van der Waals surface area contributed by atoms with Crippen molar-refractivity contribution in [3.05, 3.63) is 71.4 Å². The minimum atomic E-state index is 0.0389. The molecule has 20 heavy (non-hydrogen) atoms. The second kappa shape index (κ2) is 4.07. The Labute approximate surface area is 117 Å². The third kappa shape index (κ3) is 1.48. The van der Waals surface area contributed by atoms with Gasteiger partial charge in [0.15, 0.2) is 5.78 Å². The quantitative estimate of drug-likeness (QED) is 0.645. The molecule has 0 saturated heterocycles. The average molecular weight is 261 g/mol. The van der Waals surface area contributed by atoms with Crippen LogP contribution < -0.4 is 0 Å². The van der Waals surface area contributed by atoms with Crippen LogP contribution in [0.4, 0.5) is 0 Å². The molecule has 4 rings (SSSR count). The lowest BCUT2D eigenvalue weighted by Crippen LogP contribution is -2.25. The van der Waals surface area contributed by atoms with Crippen molar-refractivity contribution >= 4 is 16.7 Å². The van der Waals surface area contributed by atoms with Crippen LogP contribution in [0.15, 0.2) is 54.7 Å². The lowest BCUT2D eigenvalue weighted by molar-refractivity contribution is 0.0950. The molecule has 0 saturated carbocycles. The van der Waals surface area contributed by atoms with Crippen molar-refractivity contribution < 1.29 is 4.79 Å². The Morgan fingerprint density at radius 3 is 2.70 bits per heavy atom. The Morgan fingerprint density at radius 1 is 1.10 bits per heavy atom. The van der Waals surface area contributed by atoms with Crippen LogP contribution in [-0.2, 0) is 13.5 Å². The van der Waals surface area contributed by atoms with E-state index in [4.69, 9.17) is 0 Å². The number of aromatic nitrogens is 1. The van der Waals surface area contributed by atoms with E-state index in [1.165, 1.54) is 11.1 Å². The number of hydrogen-bond acceptors (Lipinski definition) is 1. The minimum Gasteiger partial charge on any atom is -0.350 e. The summed E-state index contributed by atoms with van der Waals surface area (Å²) in [6, 6.07) is 16.3. The second-order valence-electron chi connectivity index (χ2n) is 5.49. The van der Waals surface area contributed by atoms with Gasteiger partial charge in [-0.2, -0.15) is 0 Å². The molecule has 3 aromatic rings. The fourth-order valence-corrected chi connectivity index (χ4v) is 3.22. The van der Waals surface area contributed by atoms with Crippen LogP contribution in [0, 0.1) is 0 Å². The van der Waals surface area contributed by atoms with Gasteiger partial charge in [-0.3, -0.25) is 4.79 Å². The summed E-state index contributed by atoms with van der Waals surface area (Å²) in [5.41, 5.74) is 4.47. The molecule has 0 aliphatic heterocycles. The third-order valence-corrected chi connectivity index (χ3v) is 4.33. The number of aryl methyl sites for hydroxylation is 1. The van der Waals surface area contributed by atoms with Gasteiger partial charge in [-0.05, 0) is 23.6 Å². The first-order valence-electron chi connectivity index (χ1n) is 6.92. The van der Waals surface area contributed by atoms with Gasteiger partial charge in [0.1, 0.15) is 0 Å². The molecule has 0 amide bonds. The molecule has 1 unspecified atom stereocenters. The van der Waals surface area contributed by atoms with E-state index in [9.17, 15) is 4.79 Å². The number of carbonyl (C=O) groups excluding carboxylic acids is 1. The summed E-state index contributed by atoms with van der Waals surface area (Å²) < 4.78 is 2.03. The molecule has 1 aromatic heterocycles. The highest BCUT2D eigenvalue weighted by atomic mass is 16.1. The summed E-state index contributed by atoms with van der Waals surface area (Å²) in [6.45, 7) is 0. The summed E-state index contributed by atoms with van der Waals surface area (Å²) in [7, 11) is 1.99. The number of para-hydroxylation sites is 1. The van der Waals surface area contributed by atoms with Gasteiger partial charge in [0, 0.05) is 29.7 Å². The molecular weight excluding hydrogens is 246 g/mol. The van der Waals surface area contributed by atoms with Gasteiger partial charge in [0.25, 0.3) is 0 Å². The minimum absolute atomic E-state index is 0.0389. The molecule has 2 nitrogen and oxygen atoms in total. The summed E-state index contributed by atoms with van der Waals surface area (Å²) in [4.78, 5) is 12.8. The third-order valence-electron chi connectivity index (χ3n) is 4.33. The van der Waals surface area contributed by atoms with Gasteiger partial charge < -0.3 is 4.57 Å². The van der Waals surface area contributed by atoms with Gasteiger partial charge in [-0.1, -0.05) is 42.5 Å². The Balaban J connectivity index is 1.80. The zero-order chi connectivity index (χ0) is 13.7. The van der Waals surface area contributed by atoms with Crippen molar-refractivity contribution in [1.82, 2.24) is 4.57 Å². The smallest absolute Gasteiger partial charge is 0.172 e. The Bertz CT molecular complexity index is 828. The molecule has 0 bridgehead atoms. The monoisotopic (exact) mass is 261 g/mol. The van der Waals surface area contributed by atoms with Crippen LogP contribution in [-0.4, -0.2) is 10.4 Å². The number of Topliss-reactive ketones (excluding diaryl/α,β-unsaturated/α-hetero) is 1. The van der Waals surface area contributed by atoms with Crippen LogP contribution in [0.1, 0.15) is 27.4 Å². The number of benzene rings is 2. The van der Waals surface area contributed by atoms with Crippen molar-refractivity contribution in [1.29, 1.82) is 0 Å². The molecule has 0 fully saturated rings. The van der Waals surface area contributed by atoms with Crippen LogP contribution in [0.25, 0.3) is 10.9 Å². The van der Waals surface area contributed by atoms with Crippen LogP contribution >= 0.6 is 0 Å². The summed E-state index contributed by atoms with van der Waals surface area (Å²) in [5.74, 6) is 0.289. The Kier molecular flexibility index (Phi) is 2.34. The lowest BCUT2D eigenvalue weighted by atomic mass is 9.74. The molecule has 0 N–H and O–H groups in total. The molecule has 2 heteroatoms. The number of nitrogens with zero attached hydrogens (tertiary/aromatic N) is 1. The zero-order valence-corrected chi connectivity index (χ0v) is 11.3. The maximum absolute atomic E-state index is 12.8. The number of hydrogen-bond donors (Lipinski definition) is 0. The highest BCUT2D eigenvalue weighted by molar-refractivity contribution is 6.11. The van der Waals surface area contributed by atoms with Gasteiger partial charge in [-0.15, -0.1) is 0 Å². The number of fused-ring (bicyclic) bond motifs is 2. The number of rotatable bonds is 2. The van der Waals surface area contributed by atoms with Crippen molar-refractivity contribution in [2.45, 2.75) is 12.3 Å². The van der Waals surface area contributed by atoms with Crippen LogP contribution in [0.2, 0.25) is 0 Å². The largest absolute Gasteiger partial charge is 0.350 e. The maximum Gasteiger partial charge on any atom is 0.172 e. The SMILES string of the molecule is Cn1cc(C(=O)C2Cc3ccccc32)c2ccccc21. The number of carbonyl (C=O) groups is 1. The van der Waals surface area contributed by atoms with E-state index in [0.29, 0.717) is 0 Å². The fraction of sp³-hybridized carbons (Fsp3) is 0.167. The van der Waals surface area contributed by atoms with E-state index in [1.807, 2.05) is 48.1 Å². The topological polar surface area (TPSA) is 22.0 Å². The maximum atomic E-state index is 12.8. The molecule has 0 spiro atoms. The molecule has 0 radical (unpaired) electrons. The van der Waals surface area contributed by atoms with E-state index < -0.39 is 0 Å². The molecular formula is C18H15NO. The second-order valence-corrected chi connectivity index (χ2v) is 5.49. The van der Waals surface area contributed by atoms with Crippen LogP contribution in [0.3, 0.4) is 0 Å². The normalized spacial score (nSPS) is 16.8. The van der Waals surface area contributed by atoms with Crippen LogP contribution in [0.5, 0.6) is 0 Å². The van der Waals surface area contributed by atoms with Gasteiger partial charge >= 0.3 is 0 Å². The van der Waals surface area contributed by atoms with Crippen molar-refractivity contribution in [3.63, 3.8) is 0 Å². The Morgan fingerprint density at radius 2 is 1.85 bits per heavy atom. The first kappa shape index (κ1) is 11.5. The van der Waals surface area contributed by atoms with Crippen molar-refractivity contribution in [2.24, 2.45) is 7.05 Å². The summed E-state index contributed by atoms with van der Waals surface area (Å²) in [5, 5.41) is 1.06. The standard InChI is InChI=1S/C18H15NO/c1-19-11-16(14-8-4-5-9-17(14)19)18(20)15-10-12-6-2-3-7-13(12)15/h2-9,11,15H,10H2,1H3. The van der Waals surface area contributed by atoms with E-state index in [1.54, 1.807) is 0 Å². The number of ketones is 1. The lowest BCUT2D eigenvalue weighted by Gasteiger charge is -2.28. The molecule has 1 atom stereocenters. The van der Waals surface area contributed by atoms with E-state index in [2.05, 4.69) is 18.2 Å². The first-order chi connectivity index (χ1) is 9.75.